The maximum Gasteiger partial charge on any atom is 0.270 e. The van der Waals surface area contributed by atoms with E-state index in [9.17, 15) is 9.18 Å². The van der Waals surface area contributed by atoms with Crippen LogP contribution in [0.1, 0.15) is 21.1 Å². The highest BCUT2D eigenvalue weighted by atomic mass is 35.5. The number of carbonyl (C=O) groups is 1. The number of aromatic nitrogens is 1. The lowest BCUT2D eigenvalue weighted by molar-refractivity contribution is 0.0949. The monoisotopic (exact) mass is 365 g/mol. The maximum absolute atomic E-state index is 12.8. The summed E-state index contributed by atoms with van der Waals surface area (Å²) in [4.78, 5) is 16.1. The molecule has 0 atom stereocenters. The van der Waals surface area contributed by atoms with Gasteiger partial charge in [0.2, 0.25) is 0 Å². The maximum atomic E-state index is 12.8. The number of amides is 1. The summed E-state index contributed by atoms with van der Waals surface area (Å²) in [6, 6.07) is 6.30. The summed E-state index contributed by atoms with van der Waals surface area (Å²) in [7, 11) is 1.83. The van der Waals surface area contributed by atoms with E-state index in [1.165, 1.54) is 23.5 Å². The molecule has 1 aromatic carbocycles. The van der Waals surface area contributed by atoms with Gasteiger partial charge in [-0.3, -0.25) is 4.79 Å². The number of likely N-dealkylation sites (N-methyl/N-ethyl adjacent to an activating group) is 1. The van der Waals surface area contributed by atoms with E-state index in [4.69, 9.17) is 0 Å². The van der Waals surface area contributed by atoms with Crippen LogP contribution in [0.5, 0.6) is 0 Å². The van der Waals surface area contributed by atoms with Crippen LogP contribution in [-0.4, -0.2) is 31.0 Å². The molecule has 2 N–H and O–H groups in total. The van der Waals surface area contributed by atoms with Crippen LogP contribution < -0.4 is 10.6 Å². The number of hydrogen-bond donors (Lipinski definition) is 2. The molecule has 4 nitrogen and oxygen atoms in total. The Balaban J connectivity index is 0.00000220. The number of benzene rings is 1. The molecule has 122 valence electrons. The third-order valence-corrected chi connectivity index (χ3v) is 3.56. The van der Waals surface area contributed by atoms with Gasteiger partial charge < -0.3 is 10.6 Å². The van der Waals surface area contributed by atoms with Crippen LogP contribution in [0.3, 0.4) is 0 Å². The van der Waals surface area contributed by atoms with E-state index in [1.807, 2.05) is 7.05 Å². The van der Waals surface area contributed by atoms with Gasteiger partial charge in [-0.2, -0.15) is 0 Å². The number of carbonyl (C=O) groups excluding carboxylic acids is 1. The highest BCUT2D eigenvalue weighted by Gasteiger charge is 2.10. The number of halogens is 3. The van der Waals surface area contributed by atoms with Gasteiger partial charge in [-0.15, -0.1) is 36.2 Å². The van der Waals surface area contributed by atoms with E-state index < -0.39 is 0 Å². The number of rotatable bonds is 6. The fraction of sp³-hybridized carbons (Fsp3) is 0.286. The minimum absolute atomic E-state index is 0. The lowest BCUT2D eigenvalue weighted by atomic mass is 10.1. The molecule has 0 unspecified atom stereocenters. The molecule has 0 aliphatic rings. The van der Waals surface area contributed by atoms with E-state index in [0.29, 0.717) is 18.7 Å². The quantitative estimate of drug-likeness (QED) is 0.773. The van der Waals surface area contributed by atoms with Gasteiger partial charge in [0.05, 0.1) is 5.01 Å². The van der Waals surface area contributed by atoms with Crippen molar-refractivity contribution in [3.8, 4) is 0 Å². The Hall–Kier alpha value is -1.21. The molecule has 0 saturated carbocycles. The Morgan fingerprint density at radius 1 is 1.23 bits per heavy atom. The molecule has 1 amide bonds. The second-order valence-electron chi connectivity index (χ2n) is 4.29. The first-order valence-corrected chi connectivity index (χ1v) is 7.18. The molecule has 0 fully saturated rings. The van der Waals surface area contributed by atoms with Crippen LogP contribution in [0, 0.1) is 5.82 Å². The normalized spacial score (nSPS) is 9.55. The smallest absolute Gasteiger partial charge is 0.270 e. The van der Waals surface area contributed by atoms with Crippen molar-refractivity contribution in [3.05, 3.63) is 51.7 Å². The van der Waals surface area contributed by atoms with Crippen molar-refractivity contribution in [1.29, 1.82) is 0 Å². The van der Waals surface area contributed by atoms with Gasteiger partial charge in [0, 0.05) is 24.9 Å². The van der Waals surface area contributed by atoms with Gasteiger partial charge in [-0.05, 0) is 24.7 Å². The van der Waals surface area contributed by atoms with Crippen LogP contribution in [0.25, 0.3) is 0 Å². The van der Waals surface area contributed by atoms with Crippen molar-refractivity contribution in [3.63, 3.8) is 0 Å². The fourth-order valence-corrected chi connectivity index (χ4v) is 2.47. The predicted molar refractivity (Wildman–Crippen MR) is 92.1 cm³/mol. The first kappa shape index (κ1) is 20.8. The van der Waals surface area contributed by atoms with Crippen molar-refractivity contribution in [2.75, 3.05) is 20.1 Å². The number of hydrogen-bond acceptors (Lipinski definition) is 4. The Kier molecular flexibility index (Phi) is 9.93. The van der Waals surface area contributed by atoms with Crippen LogP contribution in [0.2, 0.25) is 0 Å². The van der Waals surface area contributed by atoms with Crippen LogP contribution in [0.4, 0.5) is 4.39 Å². The largest absolute Gasteiger partial charge is 0.349 e. The van der Waals surface area contributed by atoms with Crippen LogP contribution in [-0.2, 0) is 6.42 Å². The summed E-state index contributed by atoms with van der Waals surface area (Å²) in [5.41, 5.74) is 1.41. The Morgan fingerprint density at radius 3 is 2.55 bits per heavy atom. The Morgan fingerprint density at radius 2 is 1.91 bits per heavy atom. The molecule has 0 saturated heterocycles. The molecule has 22 heavy (non-hydrogen) atoms. The van der Waals surface area contributed by atoms with Crippen LogP contribution >= 0.6 is 36.2 Å². The van der Waals surface area contributed by atoms with Gasteiger partial charge >= 0.3 is 0 Å². The second-order valence-corrected chi connectivity index (χ2v) is 5.23. The zero-order chi connectivity index (χ0) is 14.4. The van der Waals surface area contributed by atoms with Crippen molar-refractivity contribution < 1.29 is 9.18 Å². The summed E-state index contributed by atoms with van der Waals surface area (Å²) in [5.74, 6) is -0.417. The molecular formula is C14H18Cl2FN3OS. The van der Waals surface area contributed by atoms with Crippen LogP contribution in [0.15, 0.2) is 29.6 Å². The first-order chi connectivity index (χ1) is 9.69. The highest BCUT2D eigenvalue weighted by molar-refractivity contribution is 7.09. The topological polar surface area (TPSA) is 54.0 Å². The SMILES string of the molecule is CNCCNC(=O)c1csc(Cc2ccc(F)cc2)n1.Cl.Cl. The Bertz CT molecular complexity index is 578. The van der Waals surface area contributed by atoms with Crippen molar-refractivity contribution in [1.82, 2.24) is 15.6 Å². The third-order valence-electron chi connectivity index (χ3n) is 2.71. The van der Waals surface area contributed by atoms with Crippen molar-refractivity contribution >= 4 is 42.1 Å². The third kappa shape index (κ3) is 6.27. The van der Waals surface area contributed by atoms with E-state index in [-0.39, 0.29) is 36.5 Å². The summed E-state index contributed by atoms with van der Waals surface area (Å²) < 4.78 is 12.8. The number of nitrogens with one attached hydrogen (secondary N) is 2. The lowest BCUT2D eigenvalue weighted by Gasteiger charge is -2.01. The number of nitrogens with zero attached hydrogens (tertiary/aromatic N) is 1. The molecule has 1 heterocycles. The second kappa shape index (κ2) is 10.5. The van der Waals surface area contributed by atoms with Crippen molar-refractivity contribution in [2.24, 2.45) is 0 Å². The van der Waals surface area contributed by atoms with E-state index in [0.717, 1.165) is 17.1 Å². The minimum Gasteiger partial charge on any atom is -0.349 e. The average molecular weight is 366 g/mol. The molecule has 0 aliphatic heterocycles. The fourth-order valence-electron chi connectivity index (χ4n) is 1.66. The Labute approximate surface area is 145 Å². The van der Waals surface area contributed by atoms with Gasteiger partial charge in [-0.25, -0.2) is 9.37 Å². The first-order valence-electron chi connectivity index (χ1n) is 6.30. The zero-order valence-corrected chi connectivity index (χ0v) is 14.4. The summed E-state index contributed by atoms with van der Waals surface area (Å²) in [5, 5.41) is 8.32. The standard InChI is InChI=1S/C14H16FN3OS.2ClH/c1-16-6-7-17-14(19)12-9-20-13(18-12)8-10-2-4-11(15)5-3-10;;/h2-5,9,16H,6-8H2,1H3,(H,17,19);2*1H. The van der Waals surface area contributed by atoms with E-state index in [1.54, 1.807) is 17.5 Å². The van der Waals surface area contributed by atoms with Crippen molar-refractivity contribution in [2.45, 2.75) is 6.42 Å². The van der Waals surface area contributed by atoms with Gasteiger partial charge in [0.25, 0.3) is 5.91 Å². The molecule has 8 heteroatoms. The van der Waals surface area contributed by atoms with Gasteiger partial charge in [0.15, 0.2) is 0 Å². The molecule has 0 aliphatic carbocycles. The molecular weight excluding hydrogens is 348 g/mol. The molecule has 0 radical (unpaired) electrons. The molecule has 2 aromatic rings. The van der Waals surface area contributed by atoms with Gasteiger partial charge in [0.1, 0.15) is 11.5 Å². The minimum atomic E-state index is -0.252. The highest BCUT2D eigenvalue weighted by Crippen LogP contribution is 2.15. The predicted octanol–water partition coefficient (Wildman–Crippen LogP) is 2.67. The molecule has 2 rings (SSSR count). The zero-order valence-electron chi connectivity index (χ0n) is 12.0. The van der Waals surface area contributed by atoms with Gasteiger partial charge in [-0.1, -0.05) is 12.1 Å². The van der Waals surface area contributed by atoms with E-state index in [2.05, 4.69) is 15.6 Å². The summed E-state index contributed by atoms with van der Waals surface area (Å²) in [6.07, 6.45) is 0.606. The number of thiazole rings is 1. The van der Waals surface area contributed by atoms with E-state index >= 15 is 0 Å². The molecule has 1 aromatic heterocycles. The molecule has 0 bridgehead atoms. The molecule has 0 spiro atoms. The average Bonchev–Trinajstić information content (AvgIpc) is 2.90. The summed E-state index contributed by atoms with van der Waals surface area (Å²) in [6.45, 7) is 1.29. The summed E-state index contributed by atoms with van der Waals surface area (Å²) >= 11 is 1.43. The lowest BCUT2D eigenvalue weighted by Crippen LogP contribution is -2.30.